The van der Waals surface area contributed by atoms with Gasteiger partial charge in [0, 0.05) is 6.61 Å². The van der Waals surface area contributed by atoms with Gasteiger partial charge >= 0.3 is 0 Å². The van der Waals surface area contributed by atoms with Crippen molar-refractivity contribution in [3.8, 4) is 0 Å². The molecule has 0 bridgehead atoms. The van der Waals surface area contributed by atoms with Gasteiger partial charge in [-0.15, -0.1) is 0 Å². The second-order valence-corrected chi connectivity index (χ2v) is 12.7. The summed E-state index contributed by atoms with van der Waals surface area (Å²) in [4.78, 5) is 0. The largest absolute Gasteiger partial charge is 0.407 e. The number of rotatable bonds is 6. The molecule has 0 aliphatic heterocycles. The highest BCUT2D eigenvalue weighted by atomic mass is 28.4. The van der Waals surface area contributed by atoms with Gasteiger partial charge in [0.2, 0.25) is 0 Å². The van der Waals surface area contributed by atoms with Crippen molar-refractivity contribution in [2.75, 3.05) is 6.61 Å². The molecule has 0 radical (unpaired) electrons. The summed E-state index contributed by atoms with van der Waals surface area (Å²) in [6, 6.07) is 21.5. The Morgan fingerprint density at radius 3 is 1.84 bits per heavy atom. The van der Waals surface area contributed by atoms with E-state index in [0.29, 0.717) is 11.8 Å². The molecule has 1 saturated carbocycles. The second-order valence-electron chi connectivity index (χ2n) is 8.37. The molecule has 0 aromatic heterocycles. The molecule has 0 saturated heterocycles. The van der Waals surface area contributed by atoms with Gasteiger partial charge in [-0.05, 0) is 40.6 Å². The maximum absolute atomic E-state index is 9.84. The molecule has 25 heavy (non-hydrogen) atoms. The van der Waals surface area contributed by atoms with Crippen molar-refractivity contribution in [1.82, 2.24) is 0 Å². The lowest BCUT2D eigenvalue weighted by molar-refractivity contribution is 0.155. The smallest absolute Gasteiger partial charge is 0.261 e. The van der Waals surface area contributed by atoms with Gasteiger partial charge in [-0.1, -0.05) is 81.4 Å². The molecule has 134 valence electrons. The normalized spacial score (nSPS) is 21.8. The molecular formula is C22H30O2Si. The molecule has 1 aliphatic rings. The highest BCUT2D eigenvalue weighted by Crippen LogP contribution is 2.44. The molecule has 2 nitrogen and oxygen atoms in total. The van der Waals surface area contributed by atoms with Crippen LogP contribution < -0.4 is 10.4 Å². The monoisotopic (exact) mass is 354 g/mol. The summed E-state index contributed by atoms with van der Waals surface area (Å²) >= 11 is 0. The zero-order valence-electron chi connectivity index (χ0n) is 15.8. The fourth-order valence-electron chi connectivity index (χ4n) is 4.05. The minimum absolute atomic E-state index is 0.0188. The third-order valence-electron chi connectivity index (χ3n) is 5.53. The molecule has 0 unspecified atom stereocenters. The topological polar surface area (TPSA) is 29.5 Å². The molecule has 1 aliphatic carbocycles. The zero-order valence-corrected chi connectivity index (χ0v) is 16.8. The van der Waals surface area contributed by atoms with E-state index in [1.165, 1.54) is 10.4 Å². The lowest BCUT2D eigenvalue weighted by Crippen LogP contribution is -2.66. The number of hydrogen-bond acceptors (Lipinski definition) is 2. The van der Waals surface area contributed by atoms with E-state index >= 15 is 0 Å². The fourth-order valence-corrected chi connectivity index (χ4v) is 8.67. The average Bonchev–Trinajstić information content (AvgIpc) is 3.36. The Labute approximate surface area is 153 Å². The Morgan fingerprint density at radius 2 is 1.48 bits per heavy atom. The molecule has 1 fully saturated rings. The van der Waals surface area contributed by atoms with Crippen molar-refractivity contribution in [2.24, 2.45) is 11.8 Å². The Hall–Kier alpha value is -1.42. The first kappa shape index (κ1) is 18.4. The molecule has 3 rings (SSSR count). The second kappa shape index (κ2) is 7.06. The fraction of sp³-hybridized carbons (Fsp3) is 0.455. The Morgan fingerprint density at radius 1 is 1.00 bits per heavy atom. The summed E-state index contributed by atoms with van der Waals surface area (Å²) in [6.45, 7) is 9.55. The van der Waals surface area contributed by atoms with Crippen LogP contribution in [0.15, 0.2) is 60.7 Å². The first-order chi connectivity index (χ1) is 11.9. The van der Waals surface area contributed by atoms with Crippen molar-refractivity contribution in [3.63, 3.8) is 0 Å². The minimum Gasteiger partial charge on any atom is -0.407 e. The number of aliphatic hydroxyl groups excluding tert-OH is 1. The summed E-state index contributed by atoms with van der Waals surface area (Å²) in [5, 5.41) is 12.5. The summed E-state index contributed by atoms with van der Waals surface area (Å²) < 4.78 is 6.90. The number of aliphatic hydroxyl groups is 1. The highest BCUT2D eigenvalue weighted by molar-refractivity contribution is 6.99. The van der Waals surface area contributed by atoms with E-state index < -0.39 is 8.32 Å². The van der Waals surface area contributed by atoms with Gasteiger partial charge in [-0.25, -0.2) is 0 Å². The third-order valence-corrected chi connectivity index (χ3v) is 10.5. The van der Waals surface area contributed by atoms with E-state index in [1.807, 2.05) is 6.92 Å². The maximum atomic E-state index is 9.84. The van der Waals surface area contributed by atoms with Crippen molar-refractivity contribution in [2.45, 2.75) is 45.3 Å². The Kier molecular flexibility index (Phi) is 5.19. The lowest BCUT2D eigenvalue weighted by atomic mass is 10.2. The summed E-state index contributed by atoms with van der Waals surface area (Å²) in [7, 11) is -2.42. The van der Waals surface area contributed by atoms with Crippen LogP contribution in [0.3, 0.4) is 0 Å². The lowest BCUT2D eigenvalue weighted by Gasteiger charge is -2.43. The van der Waals surface area contributed by atoms with Crippen LogP contribution in [0.1, 0.15) is 34.1 Å². The zero-order chi connectivity index (χ0) is 18.1. The van der Waals surface area contributed by atoms with E-state index in [0.717, 1.165) is 13.0 Å². The van der Waals surface area contributed by atoms with Crippen LogP contribution in [0.25, 0.3) is 0 Å². The van der Waals surface area contributed by atoms with Crippen LogP contribution in [0, 0.1) is 11.8 Å². The summed E-state index contributed by atoms with van der Waals surface area (Å²) in [6.07, 6.45) is 0.850. The standard InChI is InChI=1S/C22H30O2Si/c1-17(23)21-15-18(21)16-24-25(22(2,3)4,19-11-7-5-8-12-19)20-13-9-6-10-14-20/h5-14,17-18,21,23H,15-16H2,1-4H3/t17-,18-,21-/m0/s1. The summed E-state index contributed by atoms with van der Waals surface area (Å²) in [5.41, 5.74) is 0. The molecule has 0 heterocycles. The van der Waals surface area contributed by atoms with Crippen LogP contribution in [0.4, 0.5) is 0 Å². The van der Waals surface area contributed by atoms with Gasteiger partial charge in [-0.3, -0.25) is 0 Å². The first-order valence-corrected chi connectivity index (χ1v) is 11.2. The highest BCUT2D eigenvalue weighted by Gasteiger charge is 2.52. The number of benzene rings is 2. The van der Waals surface area contributed by atoms with Crippen LogP contribution in [0.5, 0.6) is 0 Å². The molecule has 0 amide bonds. The maximum Gasteiger partial charge on any atom is 0.261 e. The Bertz CT molecular complexity index is 637. The minimum atomic E-state index is -2.42. The molecule has 1 N–H and O–H groups in total. The van der Waals surface area contributed by atoms with E-state index in [9.17, 15) is 5.11 Å². The van der Waals surface area contributed by atoms with Gasteiger partial charge < -0.3 is 9.53 Å². The van der Waals surface area contributed by atoms with Crippen LogP contribution in [-0.4, -0.2) is 26.1 Å². The van der Waals surface area contributed by atoms with Gasteiger partial charge in [0.05, 0.1) is 6.10 Å². The number of hydrogen-bond donors (Lipinski definition) is 1. The van der Waals surface area contributed by atoms with Crippen molar-refractivity contribution in [3.05, 3.63) is 60.7 Å². The third kappa shape index (κ3) is 3.59. The average molecular weight is 355 g/mol. The molecule has 2 aromatic rings. The predicted octanol–water partition coefficient (Wildman–Crippen LogP) is 3.58. The molecule has 0 spiro atoms. The molecule has 2 aromatic carbocycles. The Balaban J connectivity index is 2.00. The first-order valence-electron chi connectivity index (χ1n) is 9.29. The van der Waals surface area contributed by atoms with E-state index in [2.05, 4.69) is 81.4 Å². The summed E-state index contributed by atoms with van der Waals surface area (Å²) in [5.74, 6) is 0.889. The van der Waals surface area contributed by atoms with Crippen molar-refractivity contribution < 1.29 is 9.53 Å². The SMILES string of the molecule is C[C@H](O)[C@@H]1C[C@H]1CO[Si](c1ccccc1)(c1ccccc1)C(C)(C)C. The van der Waals surface area contributed by atoms with Gasteiger partial charge in [-0.2, -0.15) is 0 Å². The van der Waals surface area contributed by atoms with Crippen LogP contribution in [-0.2, 0) is 4.43 Å². The van der Waals surface area contributed by atoms with Gasteiger partial charge in [0.15, 0.2) is 0 Å². The van der Waals surface area contributed by atoms with Crippen molar-refractivity contribution >= 4 is 18.7 Å². The van der Waals surface area contributed by atoms with Crippen LogP contribution in [0.2, 0.25) is 5.04 Å². The van der Waals surface area contributed by atoms with E-state index in [4.69, 9.17) is 4.43 Å². The van der Waals surface area contributed by atoms with Gasteiger partial charge in [0.1, 0.15) is 0 Å². The van der Waals surface area contributed by atoms with Gasteiger partial charge in [0.25, 0.3) is 8.32 Å². The molecular weight excluding hydrogens is 324 g/mol. The van der Waals surface area contributed by atoms with E-state index in [1.54, 1.807) is 0 Å². The predicted molar refractivity (Wildman–Crippen MR) is 107 cm³/mol. The van der Waals surface area contributed by atoms with E-state index in [-0.39, 0.29) is 11.1 Å². The molecule has 3 atom stereocenters. The molecule has 3 heteroatoms. The van der Waals surface area contributed by atoms with Crippen molar-refractivity contribution in [1.29, 1.82) is 0 Å². The quantitative estimate of drug-likeness (QED) is 0.804. The van der Waals surface area contributed by atoms with Crippen LogP contribution >= 0.6 is 0 Å².